The lowest BCUT2D eigenvalue weighted by Crippen LogP contribution is -2.31. The van der Waals surface area contributed by atoms with Crippen LogP contribution >= 0.6 is 0 Å². The second-order valence-electron chi connectivity index (χ2n) is 6.31. The van der Waals surface area contributed by atoms with Crippen molar-refractivity contribution in [2.75, 3.05) is 13.1 Å². The van der Waals surface area contributed by atoms with Crippen molar-refractivity contribution in [1.29, 1.82) is 0 Å². The first-order valence-electron chi connectivity index (χ1n) is 8.38. The van der Waals surface area contributed by atoms with Gasteiger partial charge in [-0.2, -0.15) is 0 Å². The smallest absolute Gasteiger partial charge is 0.282 e. The van der Waals surface area contributed by atoms with Crippen LogP contribution in [0.3, 0.4) is 0 Å². The molecule has 2 aromatic rings. The van der Waals surface area contributed by atoms with E-state index in [0.29, 0.717) is 26.1 Å². The molecule has 0 aromatic heterocycles. The fraction of sp³-hybridized carbons (Fsp3) is 0.263. The van der Waals surface area contributed by atoms with Crippen molar-refractivity contribution in [2.45, 2.75) is 13.0 Å². The Morgan fingerprint density at radius 2 is 1.85 bits per heavy atom. The van der Waals surface area contributed by atoms with E-state index in [0.717, 1.165) is 5.56 Å². The van der Waals surface area contributed by atoms with Gasteiger partial charge in [-0.15, -0.1) is 0 Å². The van der Waals surface area contributed by atoms with Gasteiger partial charge in [-0.3, -0.25) is 19.7 Å². The van der Waals surface area contributed by atoms with E-state index in [2.05, 4.69) is 5.32 Å². The molecule has 3 rings (SSSR count). The molecule has 7 nitrogen and oxygen atoms in total. The first kappa shape index (κ1) is 17.6. The Kier molecular flexibility index (Phi) is 5.26. The van der Waals surface area contributed by atoms with Gasteiger partial charge >= 0.3 is 0 Å². The number of carbonyl (C=O) groups excluding carboxylic acids is 2. The fourth-order valence-corrected chi connectivity index (χ4v) is 3.10. The maximum absolute atomic E-state index is 12.3. The van der Waals surface area contributed by atoms with Gasteiger partial charge in [0.15, 0.2) is 0 Å². The first-order chi connectivity index (χ1) is 12.5. The molecule has 1 unspecified atom stereocenters. The summed E-state index contributed by atoms with van der Waals surface area (Å²) < 4.78 is 0. The number of nitrogens with one attached hydrogen (secondary N) is 1. The van der Waals surface area contributed by atoms with Gasteiger partial charge in [0.05, 0.1) is 4.92 Å². The molecule has 7 heteroatoms. The van der Waals surface area contributed by atoms with Gasteiger partial charge in [0.2, 0.25) is 5.91 Å². The molecule has 2 amide bonds. The predicted octanol–water partition coefficient (Wildman–Crippen LogP) is 2.37. The Morgan fingerprint density at radius 3 is 2.58 bits per heavy atom. The number of amides is 2. The van der Waals surface area contributed by atoms with E-state index in [1.165, 1.54) is 18.2 Å². The third-order valence-corrected chi connectivity index (χ3v) is 4.41. The third kappa shape index (κ3) is 4.05. The summed E-state index contributed by atoms with van der Waals surface area (Å²) in [5.74, 6) is -0.442. The number of likely N-dealkylation sites (tertiary alicyclic amines) is 1. The molecular weight excluding hydrogens is 334 g/mol. The third-order valence-electron chi connectivity index (χ3n) is 4.41. The zero-order valence-electron chi connectivity index (χ0n) is 14.1. The van der Waals surface area contributed by atoms with Gasteiger partial charge in [-0.1, -0.05) is 42.5 Å². The SMILES string of the molecule is O=C(NCC1CC(=O)N(Cc2ccccc2)C1)c1ccccc1[N+](=O)[O-]. The number of rotatable bonds is 6. The molecule has 2 aromatic carbocycles. The van der Waals surface area contributed by atoms with Crippen LogP contribution in [0.1, 0.15) is 22.3 Å². The van der Waals surface area contributed by atoms with Gasteiger partial charge in [-0.25, -0.2) is 0 Å². The molecule has 0 spiro atoms. The van der Waals surface area contributed by atoms with Crippen molar-refractivity contribution in [3.8, 4) is 0 Å². The minimum Gasteiger partial charge on any atom is -0.351 e. The molecule has 0 radical (unpaired) electrons. The number of nitro benzene ring substituents is 1. The van der Waals surface area contributed by atoms with E-state index >= 15 is 0 Å². The van der Waals surface area contributed by atoms with Gasteiger partial charge in [0.25, 0.3) is 11.6 Å². The molecule has 1 N–H and O–H groups in total. The predicted molar refractivity (Wildman–Crippen MR) is 95.4 cm³/mol. The highest BCUT2D eigenvalue weighted by Gasteiger charge is 2.30. The van der Waals surface area contributed by atoms with Crippen LogP contribution in [0.4, 0.5) is 5.69 Å². The molecule has 0 bridgehead atoms. The average Bonchev–Trinajstić information content (AvgIpc) is 3.00. The summed E-state index contributed by atoms with van der Waals surface area (Å²) in [6.45, 7) is 1.42. The summed E-state index contributed by atoms with van der Waals surface area (Å²) in [4.78, 5) is 36.7. The van der Waals surface area contributed by atoms with Crippen LogP contribution in [0.15, 0.2) is 54.6 Å². The Labute approximate surface area is 150 Å². The average molecular weight is 353 g/mol. The second-order valence-corrected chi connectivity index (χ2v) is 6.31. The molecular formula is C19H19N3O4. The van der Waals surface area contributed by atoms with Crippen molar-refractivity contribution >= 4 is 17.5 Å². The molecule has 1 saturated heterocycles. The minimum atomic E-state index is -0.574. The normalized spacial score (nSPS) is 16.5. The van der Waals surface area contributed by atoms with Gasteiger partial charge in [-0.05, 0) is 11.6 Å². The fourth-order valence-electron chi connectivity index (χ4n) is 3.10. The summed E-state index contributed by atoms with van der Waals surface area (Å²) in [5, 5.41) is 13.7. The maximum Gasteiger partial charge on any atom is 0.282 e. The second kappa shape index (κ2) is 7.77. The number of nitro groups is 1. The topological polar surface area (TPSA) is 92.6 Å². The molecule has 0 saturated carbocycles. The van der Waals surface area contributed by atoms with E-state index < -0.39 is 10.8 Å². The van der Waals surface area contributed by atoms with E-state index in [1.807, 2.05) is 30.3 Å². The Morgan fingerprint density at radius 1 is 1.15 bits per heavy atom. The van der Waals surface area contributed by atoms with Gasteiger partial charge in [0.1, 0.15) is 5.56 Å². The molecule has 1 atom stereocenters. The lowest BCUT2D eigenvalue weighted by atomic mass is 10.1. The van der Waals surface area contributed by atoms with Gasteiger partial charge in [0, 0.05) is 38.0 Å². The monoisotopic (exact) mass is 353 g/mol. The molecule has 0 aliphatic carbocycles. The Balaban J connectivity index is 1.57. The van der Waals surface area contributed by atoms with Crippen LogP contribution in [0.2, 0.25) is 0 Å². The number of hydrogen-bond donors (Lipinski definition) is 1. The van der Waals surface area contributed by atoms with Gasteiger partial charge < -0.3 is 10.2 Å². The maximum atomic E-state index is 12.3. The molecule has 1 aliphatic rings. The zero-order valence-corrected chi connectivity index (χ0v) is 14.1. The zero-order chi connectivity index (χ0) is 18.5. The highest BCUT2D eigenvalue weighted by Crippen LogP contribution is 2.21. The highest BCUT2D eigenvalue weighted by molar-refractivity contribution is 5.98. The summed E-state index contributed by atoms with van der Waals surface area (Å²) in [6.07, 6.45) is 0.365. The summed E-state index contributed by atoms with van der Waals surface area (Å²) >= 11 is 0. The minimum absolute atomic E-state index is 0.00192. The summed E-state index contributed by atoms with van der Waals surface area (Å²) in [7, 11) is 0. The van der Waals surface area contributed by atoms with Crippen LogP contribution in [-0.4, -0.2) is 34.7 Å². The van der Waals surface area contributed by atoms with Crippen molar-refractivity contribution in [3.05, 3.63) is 75.8 Å². The summed E-state index contributed by atoms with van der Waals surface area (Å²) in [5.41, 5.74) is 0.867. The highest BCUT2D eigenvalue weighted by atomic mass is 16.6. The Hall–Kier alpha value is -3.22. The molecule has 1 aliphatic heterocycles. The van der Waals surface area contributed by atoms with Crippen molar-refractivity contribution in [1.82, 2.24) is 10.2 Å². The quantitative estimate of drug-likeness (QED) is 0.637. The van der Waals surface area contributed by atoms with Crippen LogP contribution < -0.4 is 5.32 Å². The lowest BCUT2D eigenvalue weighted by molar-refractivity contribution is -0.385. The van der Waals surface area contributed by atoms with Crippen molar-refractivity contribution < 1.29 is 14.5 Å². The number of para-hydroxylation sites is 1. The number of benzene rings is 2. The molecule has 1 fully saturated rings. The standard InChI is InChI=1S/C19H19N3O4/c23-18-10-15(13-21(18)12-14-6-2-1-3-7-14)11-20-19(24)16-8-4-5-9-17(16)22(25)26/h1-9,15H,10-13H2,(H,20,24). The molecule has 134 valence electrons. The van der Waals surface area contributed by atoms with E-state index in [4.69, 9.17) is 0 Å². The number of hydrogen-bond acceptors (Lipinski definition) is 4. The molecule has 26 heavy (non-hydrogen) atoms. The van der Waals surface area contributed by atoms with Crippen molar-refractivity contribution in [2.24, 2.45) is 5.92 Å². The van der Waals surface area contributed by atoms with E-state index in [9.17, 15) is 19.7 Å². The van der Waals surface area contributed by atoms with E-state index in [-0.39, 0.29) is 23.1 Å². The summed E-state index contributed by atoms with van der Waals surface area (Å²) in [6, 6.07) is 15.6. The Bertz CT molecular complexity index is 823. The lowest BCUT2D eigenvalue weighted by Gasteiger charge is -2.17. The number of nitrogens with zero attached hydrogens (tertiary/aromatic N) is 2. The first-order valence-corrected chi connectivity index (χ1v) is 8.38. The van der Waals surface area contributed by atoms with Crippen LogP contribution in [0.25, 0.3) is 0 Å². The number of carbonyl (C=O) groups is 2. The molecule has 1 heterocycles. The van der Waals surface area contributed by atoms with E-state index in [1.54, 1.807) is 11.0 Å². The van der Waals surface area contributed by atoms with Crippen LogP contribution in [0, 0.1) is 16.0 Å². The van der Waals surface area contributed by atoms with Crippen molar-refractivity contribution in [3.63, 3.8) is 0 Å². The largest absolute Gasteiger partial charge is 0.351 e. The van der Waals surface area contributed by atoms with Crippen LogP contribution in [0.5, 0.6) is 0 Å². The van der Waals surface area contributed by atoms with Crippen LogP contribution in [-0.2, 0) is 11.3 Å².